The number of hydrogen-bond donors (Lipinski definition) is 1. The van der Waals surface area contributed by atoms with E-state index in [1.165, 1.54) is 0 Å². The van der Waals surface area contributed by atoms with Crippen LogP contribution in [-0.4, -0.2) is 40.2 Å². The first-order valence-electron chi connectivity index (χ1n) is 5.21. The molecule has 0 aromatic carbocycles. The Labute approximate surface area is 99.0 Å². The van der Waals surface area contributed by atoms with Crippen LogP contribution in [0.5, 0.6) is 0 Å². The Morgan fingerprint density at radius 3 is 2.87 bits per heavy atom. The lowest BCUT2D eigenvalue weighted by molar-refractivity contribution is 0.436. The summed E-state index contributed by atoms with van der Waals surface area (Å²) in [5.74, 6) is 1.90. The summed E-state index contributed by atoms with van der Waals surface area (Å²) in [5, 5.41) is 4.35. The lowest BCUT2D eigenvalue weighted by Gasteiger charge is -2.27. The van der Waals surface area contributed by atoms with Crippen molar-refractivity contribution in [2.24, 2.45) is 10.4 Å². The van der Waals surface area contributed by atoms with Crippen molar-refractivity contribution in [3.05, 3.63) is 0 Å². The molecule has 1 rings (SSSR count). The van der Waals surface area contributed by atoms with E-state index < -0.39 is 10.8 Å². The molecule has 1 unspecified atom stereocenters. The summed E-state index contributed by atoms with van der Waals surface area (Å²) >= 11 is 1.79. The molecule has 0 bridgehead atoms. The van der Waals surface area contributed by atoms with Crippen molar-refractivity contribution in [1.82, 2.24) is 5.32 Å². The predicted octanol–water partition coefficient (Wildman–Crippen LogP) is 1.47. The molecule has 1 N–H and O–H groups in total. The van der Waals surface area contributed by atoms with Gasteiger partial charge in [-0.05, 0) is 11.8 Å². The van der Waals surface area contributed by atoms with E-state index in [4.69, 9.17) is 0 Å². The Balaban J connectivity index is 2.18. The van der Waals surface area contributed by atoms with Crippen molar-refractivity contribution < 1.29 is 4.21 Å². The van der Waals surface area contributed by atoms with Gasteiger partial charge in [0.2, 0.25) is 0 Å². The van der Waals surface area contributed by atoms with Crippen molar-refractivity contribution in [1.29, 1.82) is 0 Å². The molecule has 0 spiro atoms. The summed E-state index contributed by atoms with van der Waals surface area (Å²) in [5.41, 5.74) is 0.334. The van der Waals surface area contributed by atoms with Gasteiger partial charge in [0.15, 0.2) is 5.17 Å². The molecule has 1 atom stereocenters. The third-order valence-electron chi connectivity index (χ3n) is 2.14. The molecule has 0 saturated carbocycles. The van der Waals surface area contributed by atoms with E-state index in [1.54, 1.807) is 18.0 Å². The van der Waals surface area contributed by atoms with E-state index in [0.717, 1.165) is 36.2 Å². The Kier molecular flexibility index (Phi) is 5.12. The largest absolute Gasteiger partial charge is 0.365 e. The molecule has 0 amide bonds. The number of hydrogen-bond acceptors (Lipinski definition) is 4. The predicted molar refractivity (Wildman–Crippen MR) is 70.1 cm³/mol. The minimum absolute atomic E-state index is 0.334. The Morgan fingerprint density at radius 1 is 1.60 bits per heavy atom. The van der Waals surface area contributed by atoms with E-state index in [-0.39, 0.29) is 0 Å². The van der Waals surface area contributed by atoms with Crippen LogP contribution in [0.25, 0.3) is 0 Å². The van der Waals surface area contributed by atoms with Gasteiger partial charge in [-0.3, -0.25) is 9.20 Å². The molecule has 1 heterocycles. The summed E-state index contributed by atoms with van der Waals surface area (Å²) < 4.78 is 10.8. The van der Waals surface area contributed by atoms with Gasteiger partial charge in [-0.25, -0.2) is 0 Å². The quantitative estimate of drug-likeness (QED) is 0.766. The fourth-order valence-electron chi connectivity index (χ4n) is 1.22. The Morgan fingerprint density at radius 2 is 2.33 bits per heavy atom. The molecule has 0 aromatic heterocycles. The van der Waals surface area contributed by atoms with Gasteiger partial charge in [-0.15, -0.1) is 0 Å². The molecule has 15 heavy (non-hydrogen) atoms. The van der Waals surface area contributed by atoms with Gasteiger partial charge >= 0.3 is 0 Å². The fourth-order valence-corrected chi connectivity index (χ4v) is 2.75. The second-order valence-corrected chi connectivity index (χ2v) is 7.15. The van der Waals surface area contributed by atoms with Crippen molar-refractivity contribution in [3.63, 3.8) is 0 Å². The van der Waals surface area contributed by atoms with Crippen molar-refractivity contribution in [2.75, 3.05) is 30.9 Å². The molecule has 0 fully saturated rings. The summed E-state index contributed by atoms with van der Waals surface area (Å²) in [6.45, 7) is 6.26. The molecule has 3 nitrogen and oxygen atoms in total. The smallest absolute Gasteiger partial charge is 0.156 e. The van der Waals surface area contributed by atoms with Crippen LogP contribution in [-0.2, 0) is 10.8 Å². The molecule has 88 valence electrons. The fraction of sp³-hybridized carbons (Fsp3) is 0.900. The molecule has 0 aliphatic carbocycles. The van der Waals surface area contributed by atoms with E-state index >= 15 is 0 Å². The standard InChI is InChI=1S/C10H20N2OS2/c1-10(2)7-12-9(14-8-10)11-5-4-6-15(3)13/h4-8H2,1-3H3,(H,11,12). The van der Waals surface area contributed by atoms with E-state index in [9.17, 15) is 4.21 Å². The summed E-state index contributed by atoms with van der Waals surface area (Å²) in [6.07, 6.45) is 2.70. The van der Waals surface area contributed by atoms with Crippen LogP contribution >= 0.6 is 11.8 Å². The highest BCUT2D eigenvalue weighted by molar-refractivity contribution is 8.13. The van der Waals surface area contributed by atoms with Crippen LogP contribution in [0, 0.1) is 5.41 Å². The average molecular weight is 248 g/mol. The highest BCUT2D eigenvalue weighted by atomic mass is 32.2. The highest BCUT2D eigenvalue weighted by Crippen LogP contribution is 2.26. The van der Waals surface area contributed by atoms with Crippen LogP contribution in [0.1, 0.15) is 20.3 Å². The van der Waals surface area contributed by atoms with E-state index in [1.807, 2.05) is 0 Å². The lowest BCUT2D eigenvalue weighted by atomic mass is 9.97. The second-order valence-electron chi connectivity index (χ2n) is 4.63. The molecular formula is C10H20N2OS2. The SMILES string of the molecule is CS(=O)CCCNC1=NCC(C)(C)CS1. The van der Waals surface area contributed by atoms with Crippen LogP contribution in [0.15, 0.2) is 4.99 Å². The summed E-state index contributed by atoms with van der Waals surface area (Å²) in [4.78, 5) is 4.49. The first-order chi connectivity index (χ1) is 6.99. The molecule has 1 aliphatic heterocycles. The second kappa shape index (κ2) is 5.89. The van der Waals surface area contributed by atoms with Crippen molar-refractivity contribution in [3.8, 4) is 0 Å². The van der Waals surface area contributed by atoms with Gasteiger partial charge in [0.1, 0.15) is 0 Å². The highest BCUT2D eigenvalue weighted by Gasteiger charge is 2.22. The van der Waals surface area contributed by atoms with Crippen LogP contribution in [0.4, 0.5) is 0 Å². The minimum Gasteiger partial charge on any atom is -0.365 e. The molecule has 1 aliphatic rings. The third-order valence-corrected chi connectivity index (χ3v) is 4.47. The topological polar surface area (TPSA) is 41.5 Å². The van der Waals surface area contributed by atoms with Gasteiger partial charge < -0.3 is 5.32 Å². The third kappa shape index (κ3) is 5.56. The van der Waals surface area contributed by atoms with Crippen LogP contribution in [0.2, 0.25) is 0 Å². The van der Waals surface area contributed by atoms with Crippen molar-refractivity contribution in [2.45, 2.75) is 20.3 Å². The van der Waals surface area contributed by atoms with Gasteiger partial charge in [-0.2, -0.15) is 0 Å². The Bertz CT molecular complexity index is 264. The maximum atomic E-state index is 10.8. The van der Waals surface area contributed by atoms with Gasteiger partial charge in [0.25, 0.3) is 0 Å². The number of aliphatic imine (C=N–C) groups is 1. The zero-order valence-electron chi connectivity index (χ0n) is 9.71. The molecule has 0 aromatic rings. The maximum absolute atomic E-state index is 10.8. The number of amidine groups is 1. The summed E-state index contributed by atoms with van der Waals surface area (Å²) in [6, 6.07) is 0. The lowest BCUT2D eigenvalue weighted by Crippen LogP contribution is -2.32. The first-order valence-corrected chi connectivity index (χ1v) is 7.92. The van der Waals surface area contributed by atoms with Crippen molar-refractivity contribution >= 4 is 27.7 Å². The monoisotopic (exact) mass is 248 g/mol. The first kappa shape index (κ1) is 13.0. The zero-order chi connectivity index (χ0) is 11.3. The van der Waals surface area contributed by atoms with Crippen LogP contribution < -0.4 is 5.32 Å². The van der Waals surface area contributed by atoms with Crippen LogP contribution in [0.3, 0.4) is 0 Å². The number of nitrogens with zero attached hydrogens (tertiary/aromatic N) is 1. The molecule has 0 saturated heterocycles. The average Bonchev–Trinajstić information content (AvgIpc) is 2.14. The minimum atomic E-state index is -0.671. The maximum Gasteiger partial charge on any atom is 0.156 e. The van der Waals surface area contributed by atoms with Gasteiger partial charge in [0.05, 0.1) is 0 Å². The van der Waals surface area contributed by atoms with E-state index in [0.29, 0.717) is 5.41 Å². The number of thioether (sulfide) groups is 1. The normalized spacial score (nSPS) is 21.9. The number of nitrogens with one attached hydrogen (secondary N) is 1. The van der Waals surface area contributed by atoms with Gasteiger partial charge in [0, 0.05) is 41.7 Å². The summed E-state index contributed by atoms with van der Waals surface area (Å²) in [7, 11) is -0.671. The molecule has 5 heteroatoms. The molecule has 0 radical (unpaired) electrons. The Hall–Kier alpha value is -0.0300. The van der Waals surface area contributed by atoms with E-state index in [2.05, 4.69) is 24.2 Å². The van der Waals surface area contributed by atoms with Gasteiger partial charge in [-0.1, -0.05) is 25.6 Å². The number of rotatable bonds is 4. The zero-order valence-corrected chi connectivity index (χ0v) is 11.3. The molecular weight excluding hydrogens is 228 g/mol.